The molecule has 0 spiro atoms. The van der Waals surface area contributed by atoms with Crippen LogP contribution in [0.3, 0.4) is 0 Å². The Balaban J connectivity index is 1.94. The number of carbonyl (C=O) groups excluding carboxylic acids is 2. The third-order valence-electron chi connectivity index (χ3n) is 4.68. The molecule has 2 N–H and O–H groups in total. The quantitative estimate of drug-likeness (QED) is 0.508. The number of rotatable bonds is 10. The molecule has 1 atom stereocenters. The van der Waals surface area contributed by atoms with Crippen molar-refractivity contribution in [1.82, 2.24) is 10.6 Å². The van der Waals surface area contributed by atoms with Gasteiger partial charge in [-0.25, -0.2) is 0 Å². The van der Waals surface area contributed by atoms with Crippen molar-refractivity contribution in [3.63, 3.8) is 0 Å². The SMILES string of the molecule is COc1cc(OC)cc(C(=O)NC(C(=O)NCCCc2cccc(Br)c2)C(C)C)c1. The molecule has 2 aromatic carbocycles. The number of hydrogen-bond acceptors (Lipinski definition) is 4. The van der Waals surface area contributed by atoms with Crippen LogP contribution in [0.2, 0.25) is 0 Å². The van der Waals surface area contributed by atoms with E-state index in [9.17, 15) is 9.59 Å². The van der Waals surface area contributed by atoms with E-state index in [1.807, 2.05) is 26.0 Å². The van der Waals surface area contributed by atoms with E-state index in [1.54, 1.807) is 18.2 Å². The summed E-state index contributed by atoms with van der Waals surface area (Å²) in [5.41, 5.74) is 1.58. The lowest BCUT2D eigenvalue weighted by Gasteiger charge is -2.22. The summed E-state index contributed by atoms with van der Waals surface area (Å²) in [6.07, 6.45) is 1.68. The predicted molar refractivity (Wildman–Crippen MR) is 121 cm³/mol. The van der Waals surface area contributed by atoms with E-state index >= 15 is 0 Å². The summed E-state index contributed by atoms with van der Waals surface area (Å²) in [6, 6.07) is 12.4. The summed E-state index contributed by atoms with van der Waals surface area (Å²) >= 11 is 3.46. The maximum atomic E-state index is 12.7. The molecule has 30 heavy (non-hydrogen) atoms. The van der Waals surface area contributed by atoms with E-state index < -0.39 is 6.04 Å². The largest absolute Gasteiger partial charge is 0.497 e. The molecule has 0 aliphatic heterocycles. The normalized spacial score (nSPS) is 11.7. The minimum Gasteiger partial charge on any atom is -0.497 e. The Morgan fingerprint density at radius 3 is 2.27 bits per heavy atom. The molecule has 6 nitrogen and oxygen atoms in total. The molecular formula is C23H29BrN2O4. The van der Waals surface area contributed by atoms with E-state index in [4.69, 9.17) is 9.47 Å². The van der Waals surface area contributed by atoms with Gasteiger partial charge in [0.25, 0.3) is 5.91 Å². The van der Waals surface area contributed by atoms with Crippen molar-refractivity contribution in [2.75, 3.05) is 20.8 Å². The second-order valence-electron chi connectivity index (χ2n) is 7.32. The van der Waals surface area contributed by atoms with Crippen molar-refractivity contribution in [1.29, 1.82) is 0 Å². The van der Waals surface area contributed by atoms with Gasteiger partial charge in [0.15, 0.2) is 0 Å². The van der Waals surface area contributed by atoms with Gasteiger partial charge in [-0.15, -0.1) is 0 Å². The summed E-state index contributed by atoms with van der Waals surface area (Å²) in [6.45, 7) is 4.34. The van der Waals surface area contributed by atoms with Gasteiger partial charge in [0.05, 0.1) is 14.2 Å². The van der Waals surface area contributed by atoms with Crippen molar-refractivity contribution < 1.29 is 19.1 Å². The van der Waals surface area contributed by atoms with Gasteiger partial charge in [-0.3, -0.25) is 9.59 Å². The van der Waals surface area contributed by atoms with E-state index in [1.165, 1.54) is 19.8 Å². The molecule has 2 aromatic rings. The number of methoxy groups -OCH3 is 2. The van der Waals surface area contributed by atoms with Crippen molar-refractivity contribution in [3.8, 4) is 11.5 Å². The van der Waals surface area contributed by atoms with Gasteiger partial charge in [-0.05, 0) is 48.6 Å². The number of benzene rings is 2. The highest BCUT2D eigenvalue weighted by Crippen LogP contribution is 2.22. The topological polar surface area (TPSA) is 76.7 Å². The summed E-state index contributed by atoms with van der Waals surface area (Å²) in [7, 11) is 3.05. The average Bonchev–Trinajstić information content (AvgIpc) is 2.74. The first-order chi connectivity index (χ1) is 14.3. The lowest BCUT2D eigenvalue weighted by Crippen LogP contribution is -2.49. The van der Waals surface area contributed by atoms with Gasteiger partial charge >= 0.3 is 0 Å². The zero-order valence-corrected chi connectivity index (χ0v) is 19.4. The number of aryl methyl sites for hydroxylation is 1. The zero-order chi connectivity index (χ0) is 22.1. The van der Waals surface area contributed by atoms with Gasteiger partial charge in [-0.2, -0.15) is 0 Å². The van der Waals surface area contributed by atoms with Gasteiger partial charge in [0.2, 0.25) is 5.91 Å². The Labute approximate surface area is 186 Å². The third-order valence-corrected chi connectivity index (χ3v) is 5.17. The lowest BCUT2D eigenvalue weighted by molar-refractivity contribution is -0.123. The highest BCUT2D eigenvalue weighted by molar-refractivity contribution is 9.10. The molecule has 0 aliphatic rings. The van der Waals surface area contributed by atoms with Crippen LogP contribution in [0, 0.1) is 5.92 Å². The molecule has 0 heterocycles. The first-order valence-corrected chi connectivity index (χ1v) is 10.7. The lowest BCUT2D eigenvalue weighted by atomic mass is 10.0. The molecule has 0 fully saturated rings. The number of hydrogen-bond donors (Lipinski definition) is 2. The fourth-order valence-corrected chi connectivity index (χ4v) is 3.45. The summed E-state index contributed by atoms with van der Waals surface area (Å²) in [5.74, 6) is 0.416. The molecular weight excluding hydrogens is 448 g/mol. The smallest absolute Gasteiger partial charge is 0.252 e. The molecule has 0 saturated carbocycles. The number of carbonyl (C=O) groups is 2. The molecule has 0 aromatic heterocycles. The minimum absolute atomic E-state index is 0.0634. The number of nitrogens with one attached hydrogen (secondary N) is 2. The van der Waals surface area contributed by atoms with Gasteiger partial charge in [0.1, 0.15) is 17.5 Å². The van der Waals surface area contributed by atoms with Crippen molar-refractivity contribution in [2.45, 2.75) is 32.7 Å². The van der Waals surface area contributed by atoms with Gasteiger partial charge in [0, 0.05) is 22.6 Å². The summed E-state index contributed by atoms with van der Waals surface area (Å²) in [4.78, 5) is 25.4. The van der Waals surface area contributed by atoms with E-state index in [-0.39, 0.29) is 17.7 Å². The van der Waals surface area contributed by atoms with E-state index in [0.29, 0.717) is 23.6 Å². The standard InChI is InChI=1S/C23H29BrN2O4/c1-15(2)21(23(28)25-10-6-8-16-7-5-9-18(24)11-16)26-22(27)17-12-19(29-3)14-20(13-17)30-4/h5,7,9,11-15,21H,6,8,10H2,1-4H3,(H,25,28)(H,26,27). The van der Waals surface area contributed by atoms with Crippen LogP contribution in [-0.4, -0.2) is 38.6 Å². The van der Waals surface area contributed by atoms with Gasteiger partial charge < -0.3 is 20.1 Å². The molecule has 0 saturated heterocycles. The van der Waals surface area contributed by atoms with Crippen LogP contribution < -0.4 is 20.1 Å². The van der Waals surface area contributed by atoms with Crippen molar-refractivity contribution in [3.05, 3.63) is 58.1 Å². The Kier molecular flexibility index (Phi) is 9.17. The number of amides is 2. The molecule has 162 valence electrons. The second-order valence-corrected chi connectivity index (χ2v) is 8.24. The Bertz CT molecular complexity index is 848. The van der Waals surface area contributed by atoms with Crippen LogP contribution in [-0.2, 0) is 11.2 Å². The van der Waals surface area contributed by atoms with Crippen LogP contribution in [0.5, 0.6) is 11.5 Å². The third kappa shape index (κ3) is 7.06. The van der Waals surface area contributed by atoms with Crippen LogP contribution in [0.15, 0.2) is 46.9 Å². The molecule has 2 amide bonds. The fourth-order valence-electron chi connectivity index (χ4n) is 3.00. The Morgan fingerprint density at radius 2 is 1.70 bits per heavy atom. The predicted octanol–water partition coefficient (Wildman–Crippen LogP) is 3.97. The molecule has 0 bridgehead atoms. The Hall–Kier alpha value is -2.54. The highest BCUT2D eigenvalue weighted by atomic mass is 79.9. The number of ether oxygens (including phenoxy) is 2. The molecule has 7 heteroatoms. The molecule has 1 unspecified atom stereocenters. The molecule has 0 radical (unpaired) electrons. The maximum Gasteiger partial charge on any atom is 0.252 e. The number of halogens is 1. The first kappa shape index (κ1) is 23.7. The van der Waals surface area contributed by atoms with E-state index in [2.05, 4.69) is 38.7 Å². The van der Waals surface area contributed by atoms with Crippen molar-refractivity contribution in [2.24, 2.45) is 5.92 Å². The minimum atomic E-state index is -0.638. The van der Waals surface area contributed by atoms with Gasteiger partial charge in [-0.1, -0.05) is 41.9 Å². The van der Waals surface area contributed by atoms with Crippen LogP contribution in [0.25, 0.3) is 0 Å². The first-order valence-electron chi connectivity index (χ1n) is 9.90. The second kappa shape index (κ2) is 11.6. The summed E-state index contributed by atoms with van der Waals surface area (Å²) in [5, 5.41) is 5.77. The molecule has 2 rings (SSSR count). The van der Waals surface area contributed by atoms with Crippen LogP contribution >= 0.6 is 15.9 Å². The Morgan fingerprint density at radius 1 is 1.03 bits per heavy atom. The molecule has 0 aliphatic carbocycles. The monoisotopic (exact) mass is 476 g/mol. The van der Waals surface area contributed by atoms with Crippen molar-refractivity contribution >= 4 is 27.7 Å². The average molecular weight is 477 g/mol. The summed E-state index contributed by atoms with van der Waals surface area (Å²) < 4.78 is 11.5. The fraction of sp³-hybridized carbons (Fsp3) is 0.391. The highest BCUT2D eigenvalue weighted by Gasteiger charge is 2.24. The zero-order valence-electron chi connectivity index (χ0n) is 17.8. The maximum absolute atomic E-state index is 12.7. The van der Waals surface area contributed by atoms with E-state index in [0.717, 1.165) is 17.3 Å². The van der Waals surface area contributed by atoms with Crippen LogP contribution in [0.1, 0.15) is 36.2 Å². The van der Waals surface area contributed by atoms with Crippen LogP contribution in [0.4, 0.5) is 0 Å².